The topological polar surface area (TPSA) is 42.9 Å². The Morgan fingerprint density at radius 3 is 2.59 bits per heavy atom. The molecule has 0 atom stereocenters. The van der Waals surface area contributed by atoms with E-state index in [-0.39, 0.29) is 0 Å². The van der Waals surface area contributed by atoms with Gasteiger partial charge in [-0.3, -0.25) is 9.89 Å². The summed E-state index contributed by atoms with van der Waals surface area (Å²) in [6.45, 7) is 8.95. The van der Waals surface area contributed by atoms with Gasteiger partial charge in [0, 0.05) is 51.5 Å². The van der Waals surface area contributed by atoms with Crippen LogP contribution in [0.15, 0.2) is 41.4 Å². The summed E-state index contributed by atoms with van der Waals surface area (Å²) in [5.41, 5.74) is 2.71. The number of nitrogens with one attached hydrogen (secondary N) is 2. The van der Waals surface area contributed by atoms with Crippen LogP contribution in [-0.4, -0.2) is 63.2 Å². The van der Waals surface area contributed by atoms with Gasteiger partial charge in [0.25, 0.3) is 0 Å². The molecule has 27 heavy (non-hydrogen) atoms. The molecule has 0 unspecified atom stereocenters. The van der Waals surface area contributed by atoms with Gasteiger partial charge in [0.15, 0.2) is 5.96 Å². The number of hydrogen-bond donors (Lipinski definition) is 2. The minimum absolute atomic E-state index is 0.515. The van der Waals surface area contributed by atoms with Gasteiger partial charge in [-0.25, -0.2) is 0 Å². The Morgan fingerprint density at radius 2 is 1.89 bits per heavy atom. The minimum Gasteiger partial charge on any atom is -0.369 e. The monoisotopic (exact) mass is 369 g/mol. The zero-order valence-electron chi connectivity index (χ0n) is 17.0. The number of guanidine groups is 1. The molecule has 0 amide bonds. The van der Waals surface area contributed by atoms with Crippen LogP contribution in [0, 0.1) is 6.92 Å². The minimum atomic E-state index is 0.515. The van der Waals surface area contributed by atoms with Crippen molar-refractivity contribution in [2.75, 3.05) is 51.2 Å². The standard InChI is InChI=1S/C22H35N5/c1-19-8-7-11-21(18-19)27-16-14-26(15-17-27)13-6-5-12-24-22(23-2)25-20-9-3-4-10-20/h3-4,7-8,11,18,20H,5-6,9-10,12-17H2,1-2H3,(H2,23,24,25). The first-order valence-electron chi connectivity index (χ1n) is 10.4. The number of unbranched alkanes of at least 4 members (excludes halogenated alkanes) is 1. The molecule has 2 aliphatic rings. The van der Waals surface area contributed by atoms with Gasteiger partial charge in [0.2, 0.25) is 0 Å². The van der Waals surface area contributed by atoms with Gasteiger partial charge in [0.1, 0.15) is 0 Å². The summed E-state index contributed by atoms with van der Waals surface area (Å²) in [6, 6.07) is 9.38. The molecular weight excluding hydrogens is 334 g/mol. The van der Waals surface area contributed by atoms with Gasteiger partial charge in [-0.15, -0.1) is 0 Å². The lowest BCUT2D eigenvalue weighted by molar-refractivity contribution is 0.253. The molecule has 1 heterocycles. The van der Waals surface area contributed by atoms with Crippen molar-refractivity contribution in [1.82, 2.24) is 15.5 Å². The number of piperazine rings is 1. The van der Waals surface area contributed by atoms with Gasteiger partial charge < -0.3 is 15.5 Å². The van der Waals surface area contributed by atoms with E-state index < -0.39 is 0 Å². The van der Waals surface area contributed by atoms with Crippen LogP contribution in [0.5, 0.6) is 0 Å². The van der Waals surface area contributed by atoms with E-state index >= 15 is 0 Å². The van der Waals surface area contributed by atoms with Crippen LogP contribution in [0.1, 0.15) is 31.2 Å². The summed E-state index contributed by atoms with van der Waals surface area (Å²) < 4.78 is 0. The summed E-state index contributed by atoms with van der Waals surface area (Å²) in [6.07, 6.45) is 9.11. The fourth-order valence-electron chi connectivity index (χ4n) is 3.84. The van der Waals surface area contributed by atoms with E-state index in [9.17, 15) is 0 Å². The maximum Gasteiger partial charge on any atom is 0.191 e. The van der Waals surface area contributed by atoms with Gasteiger partial charge in [0.05, 0.1) is 0 Å². The highest BCUT2D eigenvalue weighted by molar-refractivity contribution is 5.80. The average Bonchev–Trinajstić information content (AvgIpc) is 3.20. The second kappa shape index (κ2) is 10.4. The molecule has 5 heteroatoms. The van der Waals surface area contributed by atoms with Crippen molar-refractivity contribution in [3.8, 4) is 0 Å². The predicted molar refractivity (Wildman–Crippen MR) is 116 cm³/mol. The van der Waals surface area contributed by atoms with Gasteiger partial charge in [-0.2, -0.15) is 0 Å². The molecule has 1 saturated heterocycles. The summed E-state index contributed by atoms with van der Waals surface area (Å²) in [5, 5.41) is 6.94. The van der Waals surface area contributed by atoms with Gasteiger partial charge in [-0.05, 0) is 56.8 Å². The van der Waals surface area contributed by atoms with E-state index in [1.807, 2.05) is 7.05 Å². The molecule has 0 radical (unpaired) electrons. The molecular formula is C22H35N5. The molecule has 1 aliphatic heterocycles. The van der Waals surface area contributed by atoms with Crippen molar-refractivity contribution in [3.05, 3.63) is 42.0 Å². The lowest BCUT2D eigenvalue weighted by atomic mass is 10.2. The van der Waals surface area contributed by atoms with Crippen LogP contribution in [0.3, 0.4) is 0 Å². The van der Waals surface area contributed by atoms with Crippen molar-refractivity contribution in [3.63, 3.8) is 0 Å². The fourth-order valence-corrected chi connectivity index (χ4v) is 3.84. The van der Waals surface area contributed by atoms with Crippen molar-refractivity contribution >= 4 is 11.6 Å². The molecule has 0 spiro atoms. The van der Waals surface area contributed by atoms with Crippen molar-refractivity contribution < 1.29 is 0 Å². The van der Waals surface area contributed by atoms with E-state index in [1.54, 1.807) is 0 Å². The van der Waals surface area contributed by atoms with Crippen molar-refractivity contribution in [2.24, 2.45) is 4.99 Å². The summed E-state index contributed by atoms with van der Waals surface area (Å²) in [7, 11) is 1.85. The van der Waals surface area contributed by atoms with Gasteiger partial charge >= 0.3 is 0 Å². The van der Waals surface area contributed by atoms with Crippen molar-refractivity contribution in [1.29, 1.82) is 0 Å². The van der Waals surface area contributed by atoms with Crippen LogP contribution >= 0.6 is 0 Å². The summed E-state index contributed by atoms with van der Waals surface area (Å²) in [4.78, 5) is 9.45. The Morgan fingerprint density at radius 1 is 1.11 bits per heavy atom. The lowest BCUT2D eigenvalue weighted by Crippen LogP contribution is -2.46. The third-order valence-electron chi connectivity index (χ3n) is 5.50. The zero-order chi connectivity index (χ0) is 18.9. The van der Waals surface area contributed by atoms with Crippen LogP contribution in [0.4, 0.5) is 5.69 Å². The second-order valence-electron chi connectivity index (χ2n) is 7.66. The molecule has 1 fully saturated rings. The largest absolute Gasteiger partial charge is 0.369 e. The van der Waals surface area contributed by atoms with E-state index in [2.05, 4.69) is 68.8 Å². The van der Waals surface area contributed by atoms with E-state index in [0.717, 1.165) is 38.4 Å². The zero-order valence-corrected chi connectivity index (χ0v) is 17.0. The Balaban J connectivity index is 1.27. The molecule has 1 aliphatic carbocycles. The van der Waals surface area contributed by atoms with Crippen LogP contribution < -0.4 is 15.5 Å². The maximum atomic E-state index is 4.33. The number of aliphatic imine (C=N–C) groups is 1. The first kappa shape index (κ1) is 19.7. The molecule has 2 N–H and O–H groups in total. The molecule has 0 aromatic heterocycles. The Hall–Kier alpha value is -2.01. The van der Waals surface area contributed by atoms with Crippen LogP contribution in [0.2, 0.25) is 0 Å². The summed E-state index contributed by atoms with van der Waals surface area (Å²) in [5.74, 6) is 0.940. The molecule has 0 saturated carbocycles. The number of hydrogen-bond acceptors (Lipinski definition) is 3. The highest BCUT2D eigenvalue weighted by Gasteiger charge is 2.16. The average molecular weight is 370 g/mol. The van der Waals surface area contributed by atoms with Crippen LogP contribution in [0.25, 0.3) is 0 Å². The molecule has 1 aromatic rings. The number of nitrogens with zero attached hydrogens (tertiary/aromatic N) is 3. The number of benzene rings is 1. The SMILES string of the molecule is CN=C(NCCCCN1CCN(c2cccc(C)c2)CC1)NC1CC=CC1. The number of aryl methyl sites for hydroxylation is 1. The van der Waals surface area contributed by atoms with Crippen LogP contribution in [-0.2, 0) is 0 Å². The molecule has 0 bridgehead atoms. The molecule has 3 rings (SSSR count). The normalized spacial score (nSPS) is 18.9. The number of rotatable bonds is 7. The molecule has 148 valence electrons. The predicted octanol–water partition coefficient (Wildman–Crippen LogP) is 2.78. The third kappa shape index (κ3) is 6.28. The fraction of sp³-hybridized carbons (Fsp3) is 0.591. The summed E-state index contributed by atoms with van der Waals surface area (Å²) >= 11 is 0. The first-order valence-corrected chi connectivity index (χ1v) is 10.4. The Labute approximate surface area is 164 Å². The Kier molecular flexibility index (Phi) is 7.57. The van der Waals surface area contributed by atoms with E-state index in [1.165, 1.54) is 43.7 Å². The smallest absolute Gasteiger partial charge is 0.191 e. The first-order chi connectivity index (χ1) is 13.2. The Bertz CT molecular complexity index is 623. The number of anilines is 1. The highest BCUT2D eigenvalue weighted by atomic mass is 15.3. The van der Waals surface area contributed by atoms with E-state index in [0.29, 0.717) is 6.04 Å². The molecule has 1 aromatic carbocycles. The molecule has 5 nitrogen and oxygen atoms in total. The van der Waals surface area contributed by atoms with Gasteiger partial charge in [-0.1, -0.05) is 24.3 Å². The van der Waals surface area contributed by atoms with E-state index in [4.69, 9.17) is 0 Å². The second-order valence-corrected chi connectivity index (χ2v) is 7.66. The third-order valence-corrected chi connectivity index (χ3v) is 5.50. The maximum absolute atomic E-state index is 4.33. The quantitative estimate of drug-likeness (QED) is 0.336. The highest BCUT2D eigenvalue weighted by Crippen LogP contribution is 2.17. The lowest BCUT2D eigenvalue weighted by Gasteiger charge is -2.36. The van der Waals surface area contributed by atoms with Crippen molar-refractivity contribution in [2.45, 2.75) is 38.6 Å².